The third kappa shape index (κ3) is 3.38. The molecule has 0 saturated carbocycles. The van der Waals surface area contributed by atoms with Crippen molar-refractivity contribution >= 4 is 11.8 Å². The smallest absolute Gasteiger partial charge is 0.336 e. The van der Waals surface area contributed by atoms with Crippen LogP contribution in [0.5, 0.6) is 11.5 Å². The van der Waals surface area contributed by atoms with Gasteiger partial charge in [0.25, 0.3) is 5.56 Å². The number of aromatic amines is 2. The maximum atomic E-state index is 12.7. The van der Waals surface area contributed by atoms with Crippen molar-refractivity contribution in [1.82, 2.24) is 9.97 Å². The zero-order chi connectivity index (χ0) is 20.4. The van der Waals surface area contributed by atoms with Crippen LogP contribution in [0.3, 0.4) is 0 Å². The Hall–Kier alpha value is -3.49. The van der Waals surface area contributed by atoms with E-state index in [9.17, 15) is 19.5 Å². The maximum absolute atomic E-state index is 12.7. The van der Waals surface area contributed by atoms with Crippen LogP contribution in [-0.2, 0) is 9.53 Å². The fraction of sp³-hybridized carbons (Fsp3) is 0.316. The van der Waals surface area contributed by atoms with E-state index >= 15 is 0 Å². The number of hydrogen-bond donors (Lipinski definition) is 4. The highest BCUT2D eigenvalue weighted by Crippen LogP contribution is 2.41. The van der Waals surface area contributed by atoms with E-state index in [1.807, 2.05) is 0 Å². The van der Waals surface area contributed by atoms with E-state index in [4.69, 9.17) is 9.47 Å². The molecule has 0 spiro atoms. The van der Waals surface area contributed by atoms with E-state index in [1.165, 1.54) is 6.07 Å². The third-order valence-corrected chi connectivity index (χ3v) is 4.39. The van der Waals surface area contributed by atoms with Crippen molar-refractivity contribution in [2.24, 2.45) is 0 Å². The van der Waals surface area contributed by atoms with E-state index in [1.54, 1.807) is 32.9 Å². The molecule has 1 unspecified atom stereocenters. The highest BCUT2D eigenvalue weighted by molar-refractivity contribution is 5.94. The van der Waals surface area contributed by atoms with Gasteiger partial charge in [-0.2, -0.15) is 0 Å². The van der Waals surface area contributed by atoms with Gasteiger partial charge in [0.15, 0.2) is 11.5 Å². The zero-order valence-corrected chi connectivity index (χ0v) is 15.7. The molecule has 1 atom stereocenters. The number of esters is 1. The number of aromatic nitrogens is 2. The van der Waals surface area contributed by atoms with Gasteiger partial charge in [0.05, 0.1) is 30.3 Å². The number of H-pyrrole nitrogens is 2. The molecule has 9 nitrogen and oxygen atoms in total. The average Bonchev–Trinajstić information content (AvgIpc) is 2.62. The molecule has 1 aliphatic heterocycles. The Morgan fingerprint density at radius 1 is 1.18 bits per heavy atom. The predicted molar refractivity (Wildman–Crippen MR) is 102 cm³/mol. The molecule has 9 heteroatoms. The average molecular weight is 387 g/mol. The number of fused-ring (bicyclic) bond motifs is 1. The number of carbonyl (C=O) groups is 1. The van der Waals surface area contributed by atoms with E-state index in [-0.39, 0.29) is 35.1 Å². The maximum Gasteiger partial charge on any atom is 0.336 e. The van der Waals surface area contributed by atoms with Crippen LogP contribution in [0.1, 0.15) is 37.8 Å². The monoisotopic (exact) mass is 387 g/mol. The molecule has 2 aromatic rings. The lowest BCUT2D eigenvalue weighted by Crippen LogP contribution is -2.35. The Kier molecular flexibility index (Phi) is 5.25. The van der Waals surface area contributed by atoms with Gasteiger partial charge in [-0.25, -0.2) is 9.59 Å². The topological polar surface area (TPSA) is 134 Å². The molecule has 1 aromatic carbocycles. The predicted octanol–water partition coefficient (Wildman–Crippen LogP) is 1.56. The summed E-state index contributed by atoms with van der Waals surface area (Å²) in [5.74, 6) is -1.04. The quantitative estimate of drug-likeness (QED) is 0.572. The normalized spacial score (nSPS) is 15.6. The van der Waals surface area contributed by atoms with Crippen LogP contribution in [0.2, 0.25) is 0 Å². The first-order chi connectivity index (χ1) is 13.4. The van der Waals surface area contributed by atoms with Gasteiger partial charge in [-0.15, -0.1) is 0 Å². The molecule has 0 saturated heterocycles. The fourth-order valence-corrected chi connectivity index (χ4v) is 3.28. The summed E-state index contributed by atoms with van der Waals surface area (Å²) < 4.78 is 10.6. The van der Waals surface area contributed by atoms with Crippen LogP contribution >= 0.6 is 0 Å². The van der Waals surface area contributed by atoms with Crippen molar-refractivity contribution in [3.63, 3.8) is 0 Å². The molecule has 148 valence electrons. The van der Waals surface area contributed by atoms with Gasteiger partial charge in [-0.05, 0) is 38.5 Å². The number of aromatic hydroxyl groups is 1. The van der Waals surface area contributed by atoms with E-state index in [0.717, 1.165) is 0 Å². The first kappa shape index (κ1) is 19.3. The van der Waals surface area contributed by atoms with Crippen LogP contribution in [0, 0.1) is 0 Å². The number of benzene rings is 1. The Morgan fingerprint density at radius 3 is 2.61 bits per heavy atom. The molecule has 2 heterocycles. The Balaban J connectivity index is 2.28. The molecule has 0 fully saturated rings. The van der Waals surface area contributed by atoms with E-state index in [0.29, 0.717) is 17.9 Å². The molecule has 1 aliphatic rings. The minimum absolute atomic E-state index is 0.0616. The third-order valence-electron chi connectivity index (χ3n) is 4.39. The number of hydrogen-bond acceptors (Lipinski definition) is 7. The van der Waals surface area contributed by atoms with Crippen LogP contribution in [0.25, 0.3) is 0 Å². The summed E-state index contributed by atoms with van der Waals surface area (Å²) in [5, 5.41) is 12.9. The SMILES string of the molecule is CCOC(=O)C1=C(C)Nc2[nH]c(=O)[nH]c(=O)c2C1c1ccc(O)c(OCC)c1. The minimum Gasteiger partial charge on any atom is -0.504 e. The molecule has 0 aliphatic carbocycles. The Morgan fingerprint density at radius 2 is 1.93 bits per heavy atom. The largest absolute Gasteiger partial charge is 0.504 e. The van der Waals surface area contributed by atoms with Gasteiger partial charge in [-0.1, -0.05) is 6.07 Å². The summed E-state index contributed by atoms with van der Waals surface area (Å²) in [6.07, 6.45) is 0. The number of phenols is 1. The summed E-state index contributed by atoms with van der Waals surface area (Å²) >= 11 is 0. The van der Waals surface area contributed by atoms with Crippen molar-refractivity contribution in [2.75, 3.05) is 18.5 Å². The lowest BCUT2D eigenvalue weighted by molar-refractivity contribution is -0.138. The molecule has 3 rings (SSSR count). The van der Waals surface area contributed by atoms with Crippen LogP contribution in [0.4, 0.5) is 5.82 Å². The number of nitrogens with one attached hydrogen (secondary N) is 3. The number of rotatable bonds is 5. The van der Waals surface area contributed by atoms with Gasteiger partial charge in [-0.3, -0.25) is 14.8 Å². The summed E-state index contributed by atoms with van der Waals surface area (Å²) in [7, 11) is 0. The molecule has 1 aromatic heterocycles. The summed E-state index contributed by atoms with van der Waals surface area (Å²) in [6.45, 7) is 5.61. The summed E-state index contributed by atoms with van der Waals surface area (Å²) in [4.78, 5) is 41.7. The van der Waals surface area contributed by atoms with Crippen LogP contribution in [-0.4, -0.2) is 34.3 Å². The van der Waals surface area contributed by atoms with Gasteiger partial charge in [0.2, 0.25) is 0 Å². The molecule has 0 amide bonds. The number of anilines is 1. The second-order valence-corrected chi connectivity index (χ2v) is 6.17. The Bertz CT molecular complexity index is 1070. The number of allylic oxidation sites excluding steroid dienone is 1. The van der Waals surface area contributed by atoms with Crippen LogP contribution < -0.4 is 21.3 Å². The van der Waals surface area contributed by atoms with Crippen LogP contribution in [0.15, 0.2) is 39.1 Å². The second kappa shape index (κ2) is 7.63. The highest BCUT2D eigenvalue weighted by Gasteiger charge is 2.36. The number of ether oxygens (including phenoxy) is 2. The van der Waals surface area contributed by atoms with Gasteiger partial charge >= 0.3 is 11.7 Å². The first-order valence-corrected chi connectivity index (χ1v) is 8.84. The van der Waals surface area contributed by atoms with Gasteiger partial charge < -0.3 is 19.9 Å². The minimum atomic E-state index is -0.823. The van der Waals surface area contributed by atoms with Crippen molar-refractivity contribution in [3.8, 4) is 11.5 Å². The molecular weight excluding hydrogens is 366 g/mol. The first-order valence-electron chi connectivity index (χ1n) is 8.84. The van der Waals surface area contributed by atoms with Crippen molar-refractivity contribution in [3.05, 3.63) is 61.4 Å². The number of carbonyl (C=O) groups excluding carboxylic acids is 1. The summed E-state index contributed by atoms with van der Waals surface area (Å²) in [6, 6.07) is 4.59. The van der Waals surface area contributed by atoms with Gasteiger partial charge in [0, 0.05) is 5.70 Å². The van der Waals surface area contributed by atoms with Crippen molar-refractivity contribution in [2.45, 2.75) is 26.7 Å². The lowest BCUT2D eigenvalue weighted by Gasteiger charge is -2.29. The van der Waals surface area contributed by atoms with E-state index < -0.39 is 23.1 Å². The zero-order valence-electron chi connectivity index (χ0n) is 15.7. The standard InChI is InChI=1S/C19H21N3O6/c1-4-27-12-8-10(6-7-11(12)23)14-13(18(25)28-5-2)9(3)20-16-15(14)17(24)22-19(26)21-16/h6-8,14,23H,4-5H2,1-3H3,(H3,20,21,22,24,26). The fourth-order valence-electron chi connectivity index (χ4n) is 3.28. The molecular formula is C19H21N3O6. The van der Waals surface area contributed by atoms with Gasteiger partial charge in [0.1, 0.15) is 5.82 Å². The molecule has 28 heavy (non-hydrogen) atoms. The van der Waals surface area contributed by atoms with Crippen molar-refractivity contribution < 1.29 is 19.4 Å². The molecule has 4 N–H and O–H groups in total. The highest BCUT2D eigenvalue weighted by atomic mass is 16.5. The second-order valence-electron chi connectivity index (χ2n) is 6.17. The molecule has 0 radical (unpaired) electrons. The Labute approximate surface area is 160 Å². The van der Waals surface area contributed by atoms with E-state index in [2.05, 4.69) is 15.3 Å². The molecule has 0 bridgehead atoms. The lowest BCUT2D eigenvalue weighted by atomic mass is 9.82. The summed E-state index contributed by atoms with van der Waals surface area (Å²) in [5.41, 5.74) is 0.0910. The van der Waals surface area contributed by atoms with Crippen molar-refractivity contribution in [1.29, 1.82) is 0 Å². The number of phenolic OH excluding ortho intramolecular Hbond substituents is 1.